The number of benzene rings is 2. The van der Waals surface area contributed by atoms with Crippen LogP contribution >= 0.6 is 11.6 Å². The first kappa shape index (κ1) is 21.9. The molecule has 0 aliphatic carbocycles. The van der Waals surface area contributed by atoms with Crippen molar-refractivity contribution in [1.29, 1.82) is 0 Å². The first-order valence-corrected chi connectivity index (χ1v) is 10.6. The maximum atomic E-state index is 6.34. The molecule has 0 fully saturated rings. The summed E-state index contributed by atoms with van der Waals surface area (Å²) in [6.45, 7) is 10.4. The number of aliphatic imine (C=N–C) groups is 2. The summed E-state index contributed by atoms with van der Waals surface area (Å²) >= 11 is 6.34. The first-order valence-electron chi connectivity index (χ1n) is 10.2. The molecule has 30 heavy (non-hydrogen) atoms. The van der Waals surface area contributed by atoms with Crippen LogP contribution in [0.5, 0.6) is 0 Å². The van der Waals surface area contributed by atoms with Gasteiger partial charge in [0.05, 0.1) is 16.4 Å². The van der Waals surface area contributed by atoms with Crippen LogP contribution < -0.4 is 0 Å². The molecular weight excluding hydrogens is 390 g/mol. The van der Waals surface area contributed by atoms with E-state index in [1.54, 1.807) is 0 Å². The molecule has 0 bridgehead atoms. The van der Waals surface area contributed by atoms with Crippen molar-refractivity contribution >= 4 is 35.4 Å². The molecule has 3 nitrogen and oxygen atoms in total. The van der Waals surface area contributed by atoms with Crippen molar-refractivity contribution in [3.05, 3.63) is 86.7 Å². The quantitative estimate of drug-likeness (QED) is 0.392. The van der Waals surface area contributed by atoms with Gasteiger partial charge in [-0.2, -0.15) is 0 Å². The molecule has 0 saturated carbocycles. The van der Waals surface area contributed by atoms with Gasteiger partial charge in [-0.25, -0.2) is 0 Å². The minimum atomic E-state index is 0.658. The molecule has 0 aliphatic heterocycles. The Bertz CT molecular complexity index is 982. The van der Waals surface area contributed by atoms with Crippen molar-refractivity contribution in [2.75, 3.05) is 0 Å². The molecule has 0 spiro atoms. The summed E-state index contributed by atoms with van der Waals surface area (Å²) in [5.74, 6) is 0. The molecule has 0 N–H and O–H groups in total. The van der Waals surface area contributed by atoms with Crippen molar-refractivity contribution in [3.8, 4) is 0 Å². The highest BCUT2D eigenvalue weighted by molar-refractivity contribution is 6.33. The average Bonchev–Trinajstić information content (AvgIpc) is 2.66. The summed E-state index contributed by atoms with van der Waals surface area (Å²) in [5.41, 5.74) is 9.74. The van der Waals surface area contributed by atoms with E-state index in [4.69, 9.17) is 21.6 Å². The van der Waals surface area contributed by atoms with Gasteiger partial charge in [-0.3, -0.25) is 15.0 Å². The summed E-state index contributed by atoms with van der Waals surface area (Å²) in [4.78, 5) is 14.0. The van der Waals surface area contributed by atoms with Gasteiger partial charge in [-0.15, -0.1) is 0 Å². The molecule has 0 saturated heterocycles. The van der Waals surface area contributed by atoms with Crippen LogP contribution in [0.4, 0.5) is 11.4 Å². The minimum absolute atomic E-state index is 0.658. The summed E-state index contributed by atoms with van der Waals surface area (Å²) in [6.07, 6.45) is 5.18. The summed E-state index contributed by atoms with van der Waals surface area (Å²) in [7, 11) is 0. The fourth-order valence-electron chi connectivity index (χ4n) is 3.67. The van der Waals surface area contributed by atoms with E-state index in [1.165, 1.54) is 16.7 Å². The van der Waals surface area contributed by atoms with Crippen LogP contribution in [0.15, 0.2) is 52.4 Å². The molecule has 154 valence electrons. The van der Waals surface area contributed by atoms with Crippen LogP contribution in [0.3, 0.4) is 0 Å². The predicted molar refractivity (Wildman–Crippen MR) is 130 cm³/mol. The molecule has 3 aromatic rings. The lowest BCUT2D eigenvalue weighted by Crippen LogP contribution is -1.97. The van der Waals surface area contributed by atoms with Gasteiger partial charge in [0.25, 0.3) is 0 Å². The van der Waals surface area contributed by atoms with Crippen LogP contribution in [-0.4, -0.2) is 17.4 Å². The van der Waals surface area contributed by atoms with E-state index in [-0.39, 0.29) is 0 Å². The molecule has 1 aromatic heterocycles. The lowest BCUT2D eigenvalue weighted by atomic mass is 10.1. The number of hydrogen-bond donors (Lipinski definition) is 0. The predicted octanol–water partition coefficient (Wildman–Crippen LogP) is 7.17. The van der Waals surface area contributed by atoms with Gasteiger partial charge in [-0.05, 0) is 75.1 Å². The minimum Gasteiger partial charge on any atom is -0.260 e. The Hall–Kier alpha value is -2.78. The van der Waals surface area contributed by atoms with Gasteiger partial charge in [0.15, 0.2) is 0 Å². The van der Waals surface area contributed by atoms with Crippen LogP contribution in [-0.2, 0) is 12.8 Å². The third-order valence-corrected chi connectivity index (χ3v) is 5.23. The van der Waals surface area contributed by atoms with Gasteiger partial charge in [-0.1, -0.05) is 41.4 Å². The summed E-state index contributed by atoms with van der Waals surface area (Å²) < 4.78 is 0. The Morgan fingerprint density at radius 1 is 0.733 bits per heavy atom. The molecule has 1 heterocycles. The van der Waals surface area contributed by atoms with Crippen LogP contribution in [0.1, 0.15) is 39.2 Å². The SMILES string of the molecule is Cc1cc(C)c(N=CCc2cccc(CC=Nc3c(C)cc(C)cc3Cl)n2)c(C)c1. The van der Waals surface area contributed by atoms with E-state index < -0.39 is 0 Å². The fraction of sp³-hybridized carbons (Fsp3) is 0.269. The van der Waals surface area contributed by atoms with E-state index in [1.807, 2.05) is 50.5 Å². The number of aryl methyl sites for hydroxylation is 5. The van der Waals surface area contributed by atoms with Crippen molar-refractivity contribution in [2.45, 2.75) is 47.5 Å². The Labute approximate surface area is 184 Å². The largest absolute Gasteiger partial charge is 0.260 e. The topological polar surface area (TPSA) is 37.6 Å². The highest BCUT2D eigenvalue weighted by Crippen LogP contribution is 2.29. The van der Waals surface area contributed by atoms with Gasteiger partial charge in [0.2, 0.25) is 0 Å². The molecular formula is C26H28ClN3. The summed E-state index contributed by atoms with van der Waals surface area (Å²) in [6, 6.07) is 14.4. The van der Waals surface area contributed by atoms with E-state index in [2.05, 4.69) is 44.0 Å². The maximum Gasteiger partial charge on any atom is 0.0841 e. The van der Waals surface area contributed by atoms with E-state index >= 15 is 0 Å². The molecule has 3 rings (SSSR count). The maximum absolute atomic E-state index is 6.34. The third kappa shape index (κ3) is 5.64. The van der Waals surface area contributed by atoms with Crippen molar-refractivity contribution in [1.82, 2.24) is 4.98 Å². The smallest absolute Gasteiger partial charge is 0.0841 e. The van der Waals surface area contributed by atoms with Gasteiger partial charge in [0, 0.05) is 36.7 Å². The molecule has 0 radical (unpaired) electrons. The summed E-state index contributed by atoms with van der Waals surface area (Å²) in [5, 5.41) is 0.684. The Kier molecular flexibility index (Phi) is 7.17. The second kappa shape index (κ2) is 9.82. The highest BCUT2D eigenvalue weighted by Gasteiger charge is 2.04. The molecule has 0 unspecified atom stereocenters. The average molecular weight is 418 g/mol. The Morgan fingerprint density at radius 2 is 1.20 bits per heavy atom. The zero-order valence-electron chi connectivity index (χ0n) is 18.3. The molecule has 4 heteroatoms. The fourth-order valence-corrected chi connectivity index (χ4v) is 4.04. The van der Waals surface area contributed by atoms with Crippen LogP contribution in [0, 0.1) is 34.6 Å². The normalized spacial score (nSPS) is 11.7. The zero-order valence-corrected chi connectivity index (χ0v) is 19.1. The number of halogens is 1. The van der Waals surface area contributed by atoms with Gasteiger partial charge in [0.1, 0.15) is 0 Å². The monoisotopic (exact) mass is 417 g/mol. The van der Waals surface area contributed by atoms with E-state index in [9.17, 15) is 0 Å². The van der Waals surface area contributed by atoms with Crippen molar-refractivity contribution in [3.63, 3.8) is 0 Å². The number of hydrogen-bond acceptors (Lipinski definition) is 3. The van der Waals surface area contributed by atoms with Gasteiger partial charge < -0.3 is 0 Å². The lowest BCUT2D eigenvalue weighted by molar-refractivity contribution is 1.06. The number of rotatable bonds is 6. The van der Waals surface area contributed by atoms with Gasteiger partial charge >= 0.3 is 0 Å². The van der Waals surface area contributed by atoms with E-state index in [0.717, 1.165) is 33.9 Å². The lowest BCUT2D eigenvalue weighted by Gasteiger charge is -2.06. The van der Waals surface area contributed by atoms with Crippen molar-refractivity contribution in [2.24, 2.45) is 9.98 Å². The van der Waals surface area contributed by atoms with Crippen LogP contribution in [0.25, 0.3) is 0 Å². The standard InChI is InChI=1S/C26H28ClN3/c1-17-13-19(3)25(20(4)14-17)28-11-9-22-7-6-8-23(30-22)10-12-29-26-21(5)15-18(2)16-24(26)27/h6-8,11-16H,9-10H2,1-5H3. The van der Waals surface area contributed by atoms with Crippen LogP contribution in [0.2, 0.25) is 5.02 Å². The zero-order chi connectivity index (χ0) is 21.7. The number of nitrogens with zero attached hydrogens (tertiary/aromatic N) is 3. The van der Waals surface area contributed by atoms with Crippen molar-refractivity contribution < 1.29 is 0 Å². The third-order valence-electron chi connectivity index (χ3n) is 4.94. The number of aromatic nitrogens is 1. The second-order valence-electron chi connectivity index (χ2n) is 7.81. The van der Waals surface area contributed by atoms with E-state index in [0.29, 0.717) is 17.9 Å². The Balaban J connectivity index is 1.67. The first-order chi connectivity index (χ1) is 14.3. The molecule has 0 amide bonds. The second-order valence-corrected chi connectivity index (χ2v) is 8.22. The molecule has 0 atom stereocenters. The highest BCUT2D eigenvalue weighted by atomic mass is 35.5. The molecule has 2 aromatic carbocycles. The Morgan fingerprint density at radius 3 is 1.73 bits per heavy atom. The number of pyridine rings is 1. The molecule has 0 aliphatic rings.